The monoisotopic (exact) mass is 232 g/mol. The van der Waals surface area contributed by atoms with Crippen molar-refractivity contribution in [2.45, 2.75) is 50.9 Å². The Labute approximate surface area is 105 Å². The molecule has 1 heteroatoms. The molecule has 0 aliphatic heterocycles. The fourth-order valence-corrected chi connectivity index (χ4v) is 3.06. The Hall–Kier alpha value is -0.820. The van der Waals surface area contributed by atoms with Gasteiger partial charge < -0.3 is 5.11 Å². The zero-order valence-corrected chi connectivity index (χ0v) is 10.9. The minimum Gasteiger partial charge on any atom is -0.396 e. The van der Waals surface area contributed by atoms with Crippen molar-refractivity contribution in [2.75, 3.05) is 6.61 Å². The molecule has 1 aromatic carbocycles. The fraction of sp³-hybridized carbons (Fsp3) is 0.625. The highest BCUT2D eigenvalue weighted by Gasteiger charge is 2.53. The zero-order valence-electron chi connectivity index (χ0n) is 10.9. The summed E-state index contributed by atoms with van der Waals surface area (Å²) in [5.41, 5.74) is 1.75. The van der Waals surface area contributed by atoms with Crippen LogP contribution >= 0.6 is 0 Å². The Kier molecular flexibility index (Phi) is 4.22. The van der Waals surface area contributed by atoms with E-state index in [-0.39, 0.29) is 0 Å². The Morgan fingerprint density at radius 2 is 1.94 bits per heavy atom. The summed E-state index contributed by atoms with van der Waals surface area (Å²) < 4.78 is 0. The average molecular weight is 232 g/mol. The van der Waals surface area contributed by atoms with Crippen molar-refractivity contribution in [3.63, 3.8) is 0 Å². The third-order valence-corrected chi connectivity index (χ3v) is 4.28. The molecule has 2 atom stereocenters. The first-order chi connectivity index (χ1) is 8.33. The van der Waals surface area contributed by atoms with E-state index in [4.69, 9.17) is 0 Å². The Bertz CT molecular complexity index is 333. The van der Waals surface area contributed by atoms with Crippen LogP contribution in [-0.2, 0) is 5.41 Å². The minimum absolute atomic E-state index is 0.309. The van der Waals surface area contributed by atoms with Crippen molar-refractivity contribution in [3.8, 4) is 0 Å². The highest BCUT2D eigenvalue weighted by molar-refractivity contribution is 5.33. The van der Waals surface area contributed by atoms with Gasteiger partial charge in [-0.25, -0.2) is 0 Å². The Morgan fingerprint density at radius 1 is 1.18 bits per heavy atom. The van der Waals surface area contributed by atoms with Crippen LogP contribution in [-0.4, -0.2) is 11.7 Å². The summed E-state index contributed by atoms with van der Waals surface area (Å²) >= 11 is 0. The van der Waals surface area contributed by atoms with Gasteiger partial charge in [0.1, 0.15) is 0 Å². The predicted molar refractivity (Wildman–Crippen MR) is 72.1 cm³/mol. The number of aliphatic hydroxyl groups excluding tert-OH is 1. The van der Waals surface area contributed by atoms with Gasteiger partial charge >= 0.3 is 0 Å². The molecule has 1 aliphatic rings. The van der Waals surface area contributed by atoms with Crippen molar-refractivity contribution in [3.05, 3.63) is 35.9 Å². The second kappa shape index (κ2) is 5.68. The Morgan fingerprint density at radius 3 is 2.53 bits per heavy atom. The second-order valence-corrected chi connectivity index (χ2v) is 5.42. The fourth-order valence-electron chi connectivity index (χ4n) is 3.06. The van der Waals surface area contributed by atoms with Gasteiger partial charge in [0.15, 0.2) is 0 Å². The zero-order chi connectivity index (χ0) is 12.1. The van der Waals surface area contributed by atoms with E-state index in [1.807, 2.05) is 0 Å². The molecule has 0 saturated heterocycles. The van der Waals surface area contributed by atoms with Gasteiger partial charge in [-0.05, 0) is 24.3 Å². The van der Waals surface area contributed by atoms with E-state index in [2.05, 4.69) is 37.3 Å². The molecule has 94 valence electrons. The first-order valence-electron chi connectivity index (χ1n) is 7.00. The highest BCUT2D eigenvalue weighted by Crippen LogP contribution is 2.57. The van der Waals surface area contributed by atoms with E-state index in [0.717, 1.165) is 0 Å². The van der Waals surface area contributed by atoms with Crippen LogP contribution in [0.2, 0.25) is 0 Å². The van der Waals surface area contributed by atoms with Crippen molar-refractivity contribution >= 4 is 0 Å². The lowest BCUT2D eigenvalue weighted by Gasteiger charge is -2.17. The van der Waals surface area contributed by atoms with Crippen molar-refractivity contribution in [2.24, 2.45) is 5.92 Å². The molecule has 17 heavy (non-hydrogen) atoms. The molecule has 0 amide bonds. The molecule has 1 fully saturated rings. The van der Waals surface area contributed by atoms with Gasteiger partial charge in [-0.3, -0.25) is 0 Å². The summed E-state index contributed by atoms with van der Waals surface area (Å²) in [6, 6.07) is 10.8. The number of benzene rings is 1. The van der Waals surface area contributed by atoms with Gasteiger partial charge in [-0.2, -0.15) is 0 Å². The van der Waals surface area contributed by atoms with Gasteiger partial charge in [-0.15, -0.1) is 0 Å². The van der Waals surface area contributed by atoms with Crippen LogP contribution in [0.4, 0.5) is 0 Å². The summed E-state index contributed by atoms with van der Waals surface area (Å²) in [4.78, 5) is 0. The largest absolute Gasteiger partial charge is 0.396 e. The average Bonchev–Trinajstić information content (AvgIpc) is 3.11. The SMILES string of the molecule is CCCCCC[C@]1(c2ccccc2)C[C@@H]1CO. The van der Waals surface area contributed by atoms with Crippen LogP contribution < -0.4 is 0 Å². The van der Waals surface area contributed by atoms with Gasteiger partial charge in [0, 0.05) is 12.0 Å². The molecule has 0 unspecified atom stereocenters. The molecule has 1 aliphatic carbocycles. The standard InChI is InChI=1S/C16H24O/c1-2-3-4-8-11-16(12-15(16)13-17)14-9-6-5-7-10-14/h5-7,9-10,15,17H,2-4,8,11-13H2,1H3/t15-,16-/m1/s1. The molecule has 1 saturated carbocycles. The first kappa shape index (κ1) is 12.6. The van der Waals surface area contributed by atoms with Gasteiger partial charge in [0.2, 0.25) is 0 Å². The van der Waals surface area contributed by atoms with E-state index in [0.29, 0.717) is 17.9 Å². The van der Waals surface area contributed by atoms with E-state index in [9.17, 15) is 5.11 Å². The van der Waals surface area contributed by atoms with Gasteiger partial charge in [-0.1, -0.05) is 62.9 Å². The third kappa shape index (κ3) is 2.71. The van der Waals surface area contributed by atoms with E-state index in [1.165, 1.54) is 44.1 Å². The number of aliphatic hydroxyl groups is 1. The molecule has 0 spiro atoms. The lowest BCUT2D eigenvalue weighted by molar-refractivity contribution is 0.260. The molecule has 0 bridgehead atoms. The van der Waals surface area contributed by atoms with E-state index < -0.39 is 0 Å². The first-order valence-corrected chi connectivity index (χ1v) is 7.00. The van der Waals surface area contributed by atoms with Crippen LogP contribution in [0.5, 0.6) is 0 Å². The molecule has 0 radical (unpaired) electrons. The summed E-state index contributed by atoms with van der Waals surface area (Å²) in [6.07, 6.45) is 7.71. The number of rotatable bonds is 7. The Balaban J connectivity index is 1.97. The van der Waals surface area contributed by atoms with Crippen molar-refractivity contribution < 1.29 is 5.11 Å². The molecule has 1 nitrogen and oxygen atoms in total. The normalized spacial score (nSPS) is 27.1. The summed E-state index contributed by atoms with van der Waals surface area (Å²) in [6.45, 7) is 2.60. The third-order valence-electron chi connectivity index (χ3n) is 4.28. The van der Waals surface area contributed by atoms with Crippen LogP contribution in [0.15, 0.2) is 30.3 Å². The maximum atomic E-state index is 9.41. The lowest BCUT2D eigenvalue weighted by Crippen LogP contribution is -2.12. The topological polar surface area (TPSA) is 20.2 Å². The van der Waals surface area contributed by atoms with Crippen LogP contribution in [0.1, 0.15) is 51.0 Å². The predicted octanol–water partition coefficient (Wildman–Crippen LogP) is 3.91. The van der Waals surface area contributed by atoms with Crippen LogP contribution in [0.3, 0.4) is 0 Å². The quantitative estimate of drug-likeness (QED) is 0.707. The van der Waals surface area contributed by atoms with E-state index >= 15 is 0 Å². The van der Waals surface area contributed by atoms with Gasteiger partial charge in [0.25, 0.3) is 0 Å². The lowest BCUT2D eigenvalue weighted by atomic mass is 9.87. The second-order valence-electron chi connectivity index (χ2n) is 5.42. The molecular weight excluding hydrogens is 208 g/mol. The van der Waals surface area contributed by atoms with Crippen molar-refractivity contribution in [1.82, 2.24) is 0 Å². The molecule has 1 N–H and O–H groups in total. The molecule has 2 rings (SSSR count). The summed E-state index contributed by atoms with van der Waals surface area (Å²) in [7, 11) is 0. The number of unbranched alkanes of at least 4 members (excludes halogenated alkanes) is 3. The van der Waals surface area contributed by atoms with Crippen LogP contribution in [0, 0.1) is 5.92 Å². The van der Waals surface area contributed by atoms with Gasteiger partial charge in [0.05, 0.1) is 0 Å². The summed E-state index contributed by atoms with van der Waals surface area (Å²) in [5.74, 6) is 0.506. The maximum Gasteiger partial charge on any atom is 0.0468 e. The highest BCUT2D eigenvalue weighted by atomic mass is 16.3. The molecular formula is C16H24O. The minimum atomic E-state index is 0.309. The number of hydrogen-bond donors (Lipinski definition) is 1. The molecule has 1 aromatic rings. The molecule has 0 aromatic heterocycles. The van der Waals surface area contributed by atoms with Crippen LogP contribution in [0.25, 0.3) is 0 Å². The number of hydrogen-bond acceptors (Lipinski definition) is 1. The maximum absolute atomic E-state index is 9.41. The summed E-state index contributed by atoms with van der Waals surface area (Å²) in [5, 5.41) is 9.41. The van der Waals surface area contributed by atoms with Crippen molar-refractivity contribution in [1.29, 1.82) is 0 Å². The van der Waals surface area contributed by atoms with E-state index in [1.54, 1.807) is 0 Å². The molecule has 0 heterocycles. The smallest absolute Gasteiger partial charge is 0.0468 e.